The second-order valence-electron chi connectivity index (χ2n) is 6.11. The summed E-state index contributed by atoms with van der Waals surface area (Å²) in [6, 6.07) is 3.49. The van der Waals surface area contributed by atoms with Gasteiger partial charge in [-0.3, -0.25) is 0 Å². The van der Waals surface area contributed by atoms with E-state index < -0.39 is 9.84 Å². The Hall–Kier alpha value is -2.40. The summed E-state index contributed by atoms with van der Waals surface area (Å²) in [5.74, 6) is 2.53. The first-order valence-electron chi connectivity index (χ1n) is 8.29. The minimum atomic E-state index is -3.00. The van der Waals surface area contributed by atoms with E-state index in [2.05, 4.69) is 27.0 Å². The fraction of sp³-hybridized carbons (Fsp3) is 0.375. The highest BCUT2D eigenvalue weighted by Gasteiger charge is 2.33. The van der Waals surface area contributed by atoms with E-state index in [0.29, 0.717) is 47.2 Å². The molecule has 1 aliphatic heterocycles. The standard InChI is InChI=1S/C16H17N5O4S2/c1-2-6-21-14(11-5-8-27(22,23)10-11)18-20-16(21)26-9-13-17-19-15(25-13)12-4-3-7-24-12/h2-4,7,11H,1,5-6,8-10H2. The van der Waals surface area contributed by atoms with Gasteiger partial charge in [-0.05, 0) is 18.6 Å². The topological polar surface area (TPSA) is 117 Å². The Balaban J connectivity index is 1.50. The van der Waals surface area contributed by atoms with Crippen LogP contribution < -0.4 is 0 Å². The third-order valence-corrected chi connectivity index (χ3v) is 6.90. The number of aromatic nitrogens is 5. The van der Waals surface area contributed by atoms with Crippen LogP contribution in [0.1, 0.15) is 24.1 Å². The zero-order valence-corrected chi connectivity index (χ0v) is 15.9. The summed E-state index contributed by atoms with van der Waals surface area (Å²) in [6.07, 6.45) is 3.84. The Bertz CT molecular complexity index is 1040. The van der Waals surface area contributed by atoms with Crippen molar-refractivity contribution in [3.8, 4) is 11.7 Å². The van der Waals surface area contributed by atoms with Crippen molar-refractivity contribution < 1.29 is 17.3 Å². The van der Waals surface area contributed by atoms with Crippen molar-refractivity contribution >= 4 is 21.6 Å². The minimum Gasteiger partial charge on any atom is -0.459 e. The van der Waals surface area contributed by atoms with E-state index in [0.717, 1.165) is 0 Å². The lowest BCUT2D eigenvalue weighted by molar-refractivity contribution is 0.494. The van der Waals surface area contributed by atoms with Crippen LogP contribution in [0, 0.1) is 0 Å². The molecule has 9 nitrogen and oxygen atoms in total. The largest absolute Gasteiger partial charge is 0.459 e. The van der Waals surface area contributed by atoms with E-state index in [4.69, 9.17) is 8.83 Å². The zero-order valence-electron chi connectivity index (χ0n) is 14.3. The Morgan fingerprint density at radius 2 is 2.22 bits per heavy atom. The summed E-state index contributed by atoms with van der Waals surface area (Å²) in [4.78, 5) is 0. The first-order chi connectivity index (χ1) is 13.1. The molecular weight excluding hydrogens is 390 g/mol. The van der Waals surface area contributed by atoms with Gasteiger partial charge in [0.2, 0.25) is 5.89 Å². The van der Waals surface area contributed by atoms with Crippen LogP contribution in [0.2, 0.25) is 0 Å². The van der Waals surface area contributed by atoms with Crippen LogP contribution in [0.5, 0.6) is 0 Å². The smallest absolute Gasteiger partial charge is 0.283 e. The van der Waals surface area contributed by atoms with E-state index in [1.165, 1.54) is 18.0 Å². The third-order valence-electron chi connectivity index (χ3n) is 4.18. The van der Waals surface area contributed by atoms with Gasteiger partial charge < -0.3 is 13.4 Å². The lowest BCUT2D eigenvalue weighted by Gasteiger charge is -2.10. The van der Waals surface area contributed by atoms with E-state index in [9.17, 15) is 8.42 Å². The number of furan rings is 1. The predicted molar refractivity (Wildman–Crippen MR) is 97.8 cm³/mol. The molecule has 0 aliphatic carbocycles. The first-order valence-corrected chi connectivity index (χ1v) is 11.1. The molecule has 1 unspecified atom stereocenters. The van der Waals surface area contributed by atoms with Gasteiger partial charge in [0.05, 0.1) is 23.5 Å². The van der Waals surface area contributed by atoms with Crippen LogP contribution in [-0.2, 0) is 22.1 Å². The maximum atomic E-state index is 11.8. The maximum absolute atomic E-state index is 11.8. The number of thioether (sulfide) groups is 1. The van der Waals surface area contributed by atoms with Gasteiger partial charge in [0.25, 0.3) is 5.89 Å². The van der Waals surface area contributed by atoms with Crippen LogP contribution in [0.25, 0.3) is 11.7 Å². The predicted octanol–water partition coefficient (Wildman–Crippen LogP) is 2.30. The molecule has 3 aromatic rings. The normalized spacial score (nSPS) is 18.7. The molecule has 0 bridgehead atoms. The van der Waals surface area contributed by atoms with Crippen molar-refractivity contribution in [3.63, 3.8) is 0 Å². The summed E-state index contributed by atoms with van der Waals surface area (Å²) in [6.45, 7) is 4.27. The Kier molecular flexibility index (Phi) is 4.87. The van der Waals surface area contributed by atoms with Crippen molar-refractivity contribution in [3.05, 3.63) is 42.8 Å². The molecule has 3 aromatic heterocycles. The molecule has 27 heavy (non-hydrogen) atoms. The van der Waals surface area contributed by atoms with Crippen molar-refractivity contribution in [1.82, 2.24) is 25.0 Å². The minimum absolute atomic E-state index is 0.114. The van der Waals surface area contributed by atoms with Crippen LogP contribution in [-0.4, -0.2) is 44.9 Å². The molecule has 11 heteroatoms. The van der Waals surface area contributed by atoms with Gasteiger partial charge in [-0.15, -0.1) is 27.0 Å². The van der Waals surface area contributed by atoms with E-state index in [1.54, 1.807) is 18.2 Å². The summed E-state index contributed by atoms with van der Waals surface area (Å²) in [7, 11) is -3.00. The molecule has 142 valence electrons. The summed E-state index contributed by atoms with van der Waals surface area (Å²) in [5, 5.41) is 17.1. The van der Waals surface area contributed by atoms with Gasteiger partial charge in [0, 0.05) is 12.5 Å². The van der Waals surface area contributed by atoms with E-state index in [1.807, 2.05) is 4.57 Å². The molecule has 1 saturated heterocycles. The van der Waals surface area contributed by atoms with Gasteiger partial charge in [0.1, 0.15) is 5.82 Å². The lowest BCUT2D eigenvalue weighted by Crippen LogP contribution is -2.11. The third kappa shape index (κ3) is 3.83. The fourth-order valence-electron chi connectivity index (χ4n) is 2.95. The number of hydrogen-bond acceptors (Lipinski definition) is 9. The molecule has 0 aromatic carbocycles. The molecule has 0 N–H and O–H groups in total. The first kappa shape index (κ1) is 18.0. The average Bonchev–Trinajstić information content (AvgIpc) is 3.40. The monoisotopic (exact) mass is 407 g/mol. The lowest BCUT2D eigenvalue weighted by atomic mass is 10.1. The number of hydrogen-bond donors (Lipinski definition) is 0. The van der Waals surface area contributed by atoms with Gasteiger partial charge in [-0.1, -0.05) is 17.8 Å². The molecule has 0 amide bonds. The average molecular weight is 407 g/mol. The van der Waals surface area contributed by atoms with Gasteiger partial charge in [-0.25, -0.2) is 8.42 Å². The van der Waals surface area contributed by atoms with Gasteiger partial charge >= 0.3 is 0 Å². The molecule has 1 fully saturated rings. The summed E-state index contributed by atoms with van der Waals surface area (Å²) in [5.41, 5.74) is 0. The second-order valence-corrected chi connectivity index (χ2v) is 9.28. The summed E-state index contributed by atoms with van der Waals surface area (Å²) >= 11 is 1.40. The molecule has 4 rings (SSSR count). The number of nitrogens with zero attached hydrogens (tertiary/aromatic N) is 5. The van der Waals surface area contributed by atoms with Crippen molar-refractivity contribution in [2.75, 3.05) is 11.5 Å². The van der Waals surface area contributed by atoms with Crippen LogP contribution in [0.3, 0.4) is 0 Å². The van der Waals surface area contributed by atoms with Crippen LogP contribution in [0.15, 0.2) is 45.0 Å². The highest BCUT2D eigenvalue weighted by atomic mass is 32.2. The molecule has 4 heterocycles. The Morgan fingerprint density at radius 1 is 1.33 bits per heavy atom. The SMILES string of the molecule is C=CCn1c(SCc2nnc(-c3ccco3)o2)nnc1C1CCS(=O)(=O)C1. The molecular formula is C16H17N5O4S2. The Labute approximate surface area is 159 Å². The van der Waals surface area contributed by atoms with Crippen LogP contribution >= 0.6 is 11.8 Å². The molecule has 0 radical (unpaired) electrons. The highest BCUT2D eigenvalue weighted by molar-refractivity contribution is 7.98. The van der Waals surface area contributed by atoms with Crippen molar-refractivity contribution in [2.45, 2.75) is 29.8 Å². The van der Waals surface area contributed by atoms with E-state index >= 15 is 0 Å². The van der Waals surface area contributed by atoms with Crippen molar-refractivity contribution in [2.24, 2.45) is 0 Å². The number of sulfone groups is 1. The second kappa shape index (κ2) is 7.31. The van der Waals surface area contributed by atoms with Gasteiger partial charge in [0.15, 0.2) is 20.8 Å². The van der Waals surface area contributed by atoms with Gasteiger partial charge in [-0.2, -0.15) is 0 Å². The van der Waals surface area contributed by atoms with Crippen LogP contribution in [0.4, 0.5) is 0 Å². The number of allylic oxidation sites excluding steroid dienone is 1. The summed E-state index contributed by atoms with van der Waals surface area (Å²) < 4.78 is 36.3. The van der Waals surface area contributed by atoms with Crippen molar-refractivity contribution in [1.29, 1.82) is 0 Å². The fourth-order valence-corrected chi connectivity index (χ4v) is 5.48. The number of rotatable bonds is 7. The zero-order chi connectivity index (χ0) is 18.9. The molecule has 1 aliphatic rings. The quantitative estimate of drug-likeness (QED) is 0.429. The maximum Gasteiger partial charge on any atom is 0.283 e. The van der Waals surface area contributed by atoms with E-state index in [-0.39, 0.29) is 17.4 Å². The highest BCUT2D eigenvalue weighted by Crippen LogP contribution is 2.31. The molecule has 0 spiro atoms. The molecule has 1 atom stereocenters. The molecule has 0 saturated carbocycles. The Morgan fingerprint density at radius 3 is 2.93 bits per heavy atom.